The third-order valence-electron chi connectivity index (χ3n) is 3.92. The first-order chi connectivity index (χ1) is 14.4. The fraction of sp³-hybridized carbons (Fsp3) is 0.0476. The largest absolute Gasteiger partial charge is 0.493 e. The second kappa shape index (κ2) is 9.43. The van der Waals surface area contributed by atoms with Crippen molar-refractivity contribution in [3.8, 4) is 11.5 Å². The predicted molar refractivity (Wildman–Crippen MR) is 114 cm³/mol. The Kier molecular flexibility index (Phi) is 6.71. The lowest BCUT2D eigenvalue weighted by molar-refractivity contribution is 0.0730. The molecule has 0 heterocycles. The number of benzene rings is 3. The van der Waals surface area contributed by atoms with Crippen LogP contribution in [-0.4, -0.2) is 27.7 Å². The highest BCUT2D eigenvalue weighted by molar-refractivity contribution is 7.89. The molecule has 0 unspecified atom stereocenters. The lowest BCUT2D eigenvalue weighted by Gasteiger charge is -2.10. The van der Waals surface area contributed by atoms with E-state index >= 15 is 0 Å². The van der Waals surface area contributed by atoms with Gasteiger partial charge in [0.2, 0.25) is 0 Å². The highest BCUT2D eigenvalue weighted by atomic mass is 35.5. The molecule has 0 aromatic heterocycles. The van der Waals surface area contributed by atoms with Crippen molar-refractivity contribution in [2.24, 2.45) is 5.10 Å². The van der Waals surface area contributed by atoms with Crippen molar-refractivity contribution in [2.75, 3.05) is 7.11 Å². The molecule has 3 aromatic rings. The first-order valence-electron chi connectivity index (χ1n) is 8.65. The number of hydrogen-bond acceptors (Lipinski definition) is 6. The number of ether oxygens (including phenoxy) is 2. The van der Waals surface area contributed by atoms with E-state index in [-0.39, 0.29) is 27.0 Å². The molecule has 0 saturated carbocycles. The Labute approximate surface area is 179 Å². The Balaban J connectivity index is 1.73. The molecule has 3 aromatic carbocycles. The summed E-state index contributed by atoms with van der Waals surface area (Å²) in [6, 6.07) is 19.1. The lowest BCUT2D eigenvalue weighted by atomic mass is 10.2. The molecule has 0 fully saturated rings. The zero-order chi connectivity index (χ0) is 21.6. The number of hydrogen-bond donors (Lipinski definition) is 1. The van der Waals surface area contributed by atoms with E-state index in [0.717, 1.165) is 0 Å². The lowest BCUT2D eigenvalue weighted by Crippen LogP contribution is -2.18. The number of carbonyl (C=O) groups excluding carboxylic acids is 1. The standard InChI is InChI=1S/C21H17ClN2O5S/c1-28-20-13-15(14-23-24-30(26,27)16-7-3-2-4-8-16)11-12-19(20)29-21(25)17-9-5-6-10-18(17)22/h2-14,24H,1H3/b23-14+. The van der Waals surface area contributed by atoms with Gasteiger partial charge in [-0.2, -0.15) is 13.5 Å². The fourth-order valence-corrected chi connectivity index (χ4v) is 3.48. The van der Waals surface area contributed by atoms with Gasteiger partial charge in [-0.25, -0.2) is 9.63 Å². The molecule has 0 bridgehead atoms. The highest BCUT2D eigenvalue weighted by Gasteiger charge is 2.15. The van der Waals surface area contributed by atoms with Gasteiger partial charge in [0.15, 0.2) is 11.5 Å². The van der Waals surface area contributed by atoms with Crippen LogP contribution in [0.3, 0.4) is 0 Å². The number of carbonyl (C=O) groups is 1. The number of nitrogens with zero attached hydrogens (tertiary/aromatic N) is 1. The van der Waals surface area contributed by atoms with Gasteiger partial charge in [0.25, 0.3) is 10.0 Å². The monoisotopic (exact) mass is 444 g/mol. The van der Waals surface area contributed by atoms with E-state index in [1.54, 1.807) is 54.6 Å². The van der Waals surface area contributed by atoms with Crippen LogP contribution in [-0.2, 0) is 10.0 Å². The normalized spacial score (nSPS) is 11.3. The summed E-state index contributed by atoms with van der Waals surface area (Å²) in [6.07, 6.45) is 1.31. The molecule has 0 aliphatic heterocycles. The van der Waals surface area contributed by atoms with Crippen molar-refractivity contribution >= 4 is 33.8 Å². The zero-order valence-electron chi connectivity index (χ0n) is 15.8. The van der Waals surface area contributed by atoms with E-state index < -0.39 is 16.0 Å². The number of methoxy groups -OCH3 is 1. The van der Waals surface area contributed by atoms with Crippen molar-refractivity contribution < 1.29 is 22.7 Å². The van der Waals surface area contributed by atoms with Gasteiger partial charge in [0.1, 0.15) is 0 Å². The van der Waals surface area contributed by atoms with E-state index in [4.69, 9.17) is 21.1 Å². The number of nitrogens with one attached hydrogen (secondary N) is 1. The molecule has 9 heteroatoms. The number of hydrazone groups is 1. The molecule has 0 radical (unpaired) electrons. The van der Waals surface area contributed by atoms with Crippen molar-refractivity contribution in [2.45, 2.75) is 4.90 Å². The van der Waals surface area contributed by atoms with Crippen LogP contribution in [0, 0.1) is 0 Å². The van der Waals surface area contributed by atoms with E-state index in [1.807, 2.05) is 0 Å². The topological polar surface area (TPSA) is 94.1 Å². The van der Waals surface area contributed by atoms with Gasteiger partial charge < -0.3 is 9.47 Å². The molecule has 0 aliphatic carbocycles. The first kappa shape index (κ1) is 21.4. The van der Waals surface area contributed by atoms with E-state index in [2.05, 4.69) is 9.93 Å². The molecule has 154 valence electrons. The minimum absolute atomic E-state index is 0.0987. The summed E-state index contributed by atoms with van der Waals surface area (Å²) in [6.45, 7) is 0. The van der Waals surface area contributed by atoms with Crippen LogP contribution >= 0.6 is 11.6 Å². The summed E-state index contributed by atoms with van der Waals surface area (Å²) in [5.74, 6) is -0.175. The number of halogens is 1. The predicted octanol–water partition coefficient (Wildman–Crippen LogP) is 3.88. The van der Waals surface area contributed by atoms with Crippen LogP contribution in [0.25, 0.3) is 0 Å². The van der Waals surface area contributed by atoms with Crippen LogP contribution in [0.1, 0.15) is 15.9 Å². The van der Waals surface area contributed by atoms with E-state index in [1.165, 1.54) is 31.5 Å². The second-order valence-corrected chi connectivity index (χ2v) is 8.01. The van der Waals surface area contributed by atoms with Crippen LogP contribution in [0.15, 0.2) is 82.8 Å². The molecule has 1 N–H and O–H groups in total. The van der Waals surface area contributed by atoms with Gasteiger partial charge in [-0.05, 0) is 48.0 Å². The summed E-state index contributed by atoms with van der Waals surface area (Å²) in [4.78, 5) is 14.6. The maximum atomic E-state index is 12.3. The number of sulfonamides is 1. The number of rotatable bonds is 7. The molecule has 0 amide bonds. The maximum Gasteiger partial charge on any atom is 0.345 e. The fourth-order valence-electron chi connectivity index (χ4n) is 2.45. The molecule has 30 heavy (non-hydrogen) atoms. The molecule has 0 saturated heterocycles. The van der Waals surface area contributed by atoms with Gasteiger partial charge in [-0.1, -0.05) is 41.9 Å². The summed E-state index contributed by atoms with van der Waals surface area (Å²) < 4.78 is 35.0. The van der Waals surface area contributed by atoms with E-state index in [0.29, 0.717) is 5.56 Å². The average molecular weight is 445 g/mol. The van der Waals surface area contributed by atoms with Crippen molar-refractivity contribution in [1.29, 1.82) is 0 Å². The van der Waals surface area contributed by atoms with Crippen LogP contribution < -0.4 is 14.3 Å². The Hall–Kier alpha value is -3.36. The number of esters is 1. The summed E-state index contributed by atoms with van der Waals surface area (Å²) in [5, 5.41) is 4.05. The molecule has 7 nitrogen and oxygen atoms in total. The minimum Gasteiger partial charge on any atom is -0.493 e. The molecule has 0 spiro atoms. The summed E-state index contributed by atoms with van der Waals surface area (Å²) in [5.41, 5.74) is 0.752. The Bertz CT molecular complexity index is 1180. The SMILES string of the molecule is COc1cc(/C=N/NS(=O)(=O)c2ccccc2)ccc1OC(=O)c1ccccc1Cl. The van der Waals surface area contributed by atoms with E-state index in [9.17, 15) is 13.2 Å². The van der Waals surface area contributed by atoms with Gasteiger partial charge in [0.05, 0.1) is 28.8 Å². The Morgan fingerprint density at radius 2 is 1.70 bits per heavy atom. The Morgan fingerprint density at radius 3 is 2.40 bits per heavy atom. The van der Waals surface area contributed by atoms with Crippen LogP contribution in [0.5, 0.6) is 11.5 Å². The molecule has 0 aliphatic rings. The first-order valence-corrected chi connectivity index (χ1v) is 10.5. The van der Waals surface area contributed by atoms with Gasteiger partial charge in [0, 0.05) is 0 Å². The van der Waals surface area contributed by atoms with Crippen molar-refractivity contribution in [3.05, 3.63) is 88.9 Å². The van der Waals surface area contributed by atoms with Gasteiger partial charge in [-0.15, -0.1) is 0 Å². The highest BCUT2D eigenvalue weighted by Crippen LogP contribution is 2.29. The quantitative estimate of drug-likeness (QED) is 0.258. The third kappa shape index (κ3) is 5.16. The Morgan fingerprint density at radius 1 is 1.00 bits per heavy atom. The molecule has 3 rings (SSSR count). The van der Waals surface area contributed by atoms with Crippen LogP contribution in [0.2, 0.25) is 5.02 Å². The third-order valence-corrected chi connectivity index (χ3v) is 5.49. The van der Waals surface area contributed by atoms with Gasteiger partial charge >= 0.3 is 5.97 Å². The smallest absolute Gasteiger partial charge is 0.345 e. The van der Waals surface area contributed by atoms with Crippen molar-refractivity contribution in [3.63, 3.8) is 0 Å². The maximum absolute atomic E-state index is 12.3. The summed E-state index contributed by atoms with van der Waals surface area (Å²) >= 11 is 6.02. The van der Waals surface area contributed by atoms with Crippen molar-refractivity contribution in [1.82, 2.24) is 4.83 Å². The molecular formula is C21H17ClN2O5S. The minimum atomic E-state index is -3.77. The van der Waals surface area contributed by atoms with Crippen LogP contribution in [0.4, 0.5) is 0 Å². The molecule has 0 atom stereocenters. The molecular weight excluding hydrogens is 428 g/mol. The zero-order valence-corrected chi connectivity index (χ0v) is 17.4. The second-order valence-electron chi connectivity index (χ2n) is 5.95. The van der Waals surface area contributed by atoms with Gasteiger partial charge in [-0.3, -0.25) is 0 Å². The summed E-state index contributed by atoms with van der Waals surface area (Å²) in [7, 11) is -2.35. The average Bonchev–Trinajstić information content (AvgIpc) is 2.75.